The predicted molar refractivity (Wildman–Crippen MR) is 140 cm³/mol. The van der Waals surface area contributed by atoms with Gasteiger partial charge in [0.2, 0.25) is 0 Å². The Bertz CT molecular complexity index is 1310. The van der Waals surface area contributed by atoms with Crippen molar-refractivity contribution in [2.45, 2.75) is 45.7 Å². The number of furan rings is 1. The Kier molecular flexibility index (Phi) is 8.12. The number of anilines is 2. The van der Waals surface area contributed by atoms with E-state index in [9.17, 15) is 14.4 Å². The summed E-state index contributed by atoms with van der Waals surface area (Å²) >= 11 is 0.705. The first-order chi connectivity index (χ1) is 17.4. The van der Waals surface area contributed by atoms with Gasteiger partial charge in [0.15, 0.2) is 11.7 Å². The van der Waals surface area contributed by atoms with E-state index in [0.29, 0.717) is 29.5 Å². The molecule has 3 rings (SSSR count). The molecule has 0 radical (unpaired) electrons. The molecular weight excluding hydrogens is 498 g/mol. The number of nitrogens with zero attached hydrogens (tertiary/aromatic N) is 2. The molecule has 3 aromatic rings. The summed E-state index contributed by atoms with van der Waals surface area (Å²) in [7, 11) is 2.91. The van der Waals surface area contributed by atoms with Crippen LogP contribution >= 0.6 is 11.5 Å². The number of carbonyl (C=O) groups is 3. The SMILES string of the molecule is CCC(C)(C)NC(=O)[C@H](c1ccc(C)o1)N(C(=O)c1snc(C(N)=O)c1N)c1cc(OC)ccc1OC. The first-order valence-corrected chi connectivity index (χ1v) is 12.2. The summed E-state index contributed by atoms with van der Waals surface area (Å²) in [5, 5.41) is 2.99. The van der Waals surface area contributed by atoms with Gasteiger partial charge in [-0.1, -0.05) is 6.92 Å². The fourth-order valence-electron chi connectivity index (χ4n) is 3.55. The molecule has 0 aliphatic rings. The van der Waals surface area contributed by atoms with Gasteiger partial charge in [-0.2, -0.15) is 4.37 Å². The topological polar surface area (TPSA) is 163 Å². The number of ether oxygens (including phenoxy) is 2. The minimum Gasteiger partial charge on any atom is -0.497 e. The number of carbonyl (C=O) groups excluding carboxylic acids is 3. The van der Waals surface area contributed by atoms with Crippen molar-refractivity contribution in [1.82, 2.24) is 9.69 Å². The molecule has 1 aromatic carbocycles. The molecule has 12 heteroatoms. The van der Waals surface area contributed by atoms with E-state index in [4.69, 9.17) is 25.4 Å². The van der Waals surface area contributed by atoms with Crippen molar-refractivity contribution in [2.75, 3.05) is 24.9 Å². The van der Waals surface area contributed by atoms with Gasteiger partial charge in [0.05, 0.1) is 25.6 Å². The Labute approximate surface area is 218 Å². The largest absolute Gasteiger partial charge is 0.497 e. The van der Waals surface area contributed by atoms with E-state index in [1.165, 1.54) is 19.1 Å². The second-order valence-electron chi connectivity index (χ2n) is 8.93. The Balaban J connectivity index is 2.31. The molecule has 3 amide bonds. The predicted octanol–water partition coefficient (Wildman–Crippen LogP) is 3.44. The zero-order chi connectivity index (χ0) is 27.5. The minimum absolute atomic E-state index is 0.0745. The number of aryl methyl sites for hydroxylation is 1. The van der Waals surface area contributed by atoms with Crippen molar-refractivity contribution in [1.29, 1.82) is 0 Å². The molecular formula is C25H31N5O6S. The highest BCUT2D eigenvalue weighted by atomic mass is 32.1. The van der Waals surface area contributed by atoms with Gasteiger partial charge in [-0.05, 0) is 63.0 Å². The van der Waals surface area contributed by atoms with Crippen LogP contribution < -0.4 is 31.2 Å². The fourth-order valence-corrected chi connectivity index (χ4v) is 4.30. The summed E-state index contributed by atoms with van der Waals surface area (Å²) in [6.07, 6.45) is 0.628. The standard InChI is InChI=1S/C25H31N5O6S/c1-7-25(3,4)28-23(32)20(17-10-8-13(2)36-17)30(15-12-14(34-5)9-11-16(15)35-6)24(33)21-18(26)19(22(27)31)29-37-21/h8-12,20H,7,26H2,1-6H3,(H2,27,31)(H,28,32)/t20-/m0/s1. The van der Waals surface area contributed by atoms with Crippen LogP contribution in [-0.4, -0.2) is 41.9 Å². The minimum atomic E-state index is -1.29. The van der Waals surface area contributed by atoms with Crippen LogP contribution in [0.15, 0.2) is 34.7 Å². The summed E-state index contributed by atoms with van der Waals surface area (Å²) < 4.78 is 20.8. The highest BCUT2D eigenvalue weighted by molar-refractivity contribution is 7.09. The van der Waals surface area contributed by atoms with Crippen LogP contribution in [0, 0.1) is 6.92 Å². The lowest BCUT2D eigenvalue weighted by molar-refractivity contribution is -0.124. The van der Waals surface area contributed by atoms with Gasteiger partial charge in [0, 0.05) is 11.6 Å². The third kappa shape index (κ3) is 5.69. The highest BCUT2D eigenvalue weighted by Gasteiger charge is 2.40. The molecule has 1 atom stereocenters. The monoisotopic (exact) mass is 529 g/mol. The Morgan fingerprint density at radius 1 is 1.19 bits per heavy atom. The van der Waals surface area contributed by atoms with Gasteiger partial charge < -0.3 is 30.7 Å². The molecule has 37 heavy (non-hydrogen) atoms. The summed E-state index contributed by atoms with van der Waals surface area (Å²) in [4.78, 5) is 41.0. The first-order valence-electron chi connectivity index (χ1n) is 11.4. The first kappa shape index (κ1) is 27.5. The van der Waals surface area contributed by atoms with Crippen LogP contribution in [0.4, 0.5) is 11.4 Å². The molecule has 0 spiro atoms. The van der Waals surface area contributed by atoms with Crippen molar-refractivity contribution in [3.8, 4) is 11.5 Å². The molecule has 0 aliphatic carbocycles. The normalized spacial score (nSPS) is 12.1. The van der Waals surface area contributed by atoms with Crippen LogP contribution in [0.1, 0.15) is 64.9 Å². The van der Waals surface area contributed by atoms with Crippen LogP contribution in [0.5, 0.6) is 11.5 Å². The number of benzene rings is 1. The van der Waals surface area contributed by atoms with Gasteiger partial charge in [-0.3, -0.25) is 19.3 Å². The van der Waals surface area contributed by atoms with Gasteiger partial charge in [0.25, 0.3) is 17.7 Å². The van der Waals surface area contributed by atoms with E-state index >= 15 is 0 Å². The van der Waals surface area contributed by atoms with E-state index in [1.54, 1.807) is 37.3 Å². The Hall–Kier alpha value is -4.06. The summed E-state index contributed by atoms with van der Waals surface area (Å²) in [5.41, 5.74) is 10.7. The average Bonchev–Trinajstić information content (AvgIpc) is 3.46. The van der Waals surface area contributed by atoms with Gasteiger partial charge in [0.1, 0.15) is 27.9 Å². The fraction of sp³-hybridized carbons (Fsp3) is 0.360. The van der Waals surface area contributed by atoms with Crippen LogP contribution in [0.2, 0.25) is 0 Å². The molecule has 198 valence electrons. The van der Waals surface area contributed by atoms with E-state index in [2.05, 4.69) is 9.69 Å². The van der Waals surface area contributed by atoms with Gasteiger partial charge >= 0.3 is 0 Å². The summed E-state index contributed by atoms with van der Waals surface area (Å²) in [5.74, 6) is -0.649. The third-order valence-electron chi connectivity index (χ3n) is 5.90. The number of methoxy groups -OCH3 is 2. The average molecular weight is 530 g/mol. The molecule has 2 heterocycles. The van der Waals surface area contributed by atoms with Gasteiger partial charge in [-0.15, -0.1) is 0 Å². The molecule has 2 aromatic heterocycles. The molecule has 0 saturated carbocycles. The van der Waals surface area contributed by atoms with E-state index < -0.39 is 29.3 Å². The Morgan fingerprint density at radius 2 is 1.89 bits per heavy atom. The number of rotatable bonds is 10. The molecule has 0 bridgehead atoms. The van der Waals surface area contributed by atoms with Crippen LogP contribution in [0.3, 0.4) is 0 Å². The van der Waals surface area contributed by atoms with Crippen molar-refractivity contribution < 1.29 is 28.3 Å². The number of hydrogen-bond donors (Lipinski definition) is 3. The highest BCUT2D eigenvalue weighted by Crippen LogP contribution is 2.40. The molecule has 5 N–H and O–H groups in total. The maximum absolute atomic E-state index is 14.2. The molecule has 0 saturated heterocycles. The lowest BCUT2D eigenvalue weighted by Crippen LogP contribution is -2.50. The van der Waals surface area contributed by atoms with E-state index in [1.807, 2.05) is 20.8 Å². The number of aromatic nitrogens is 1. The van der Waals surface area contributed by atoms with Crippen molar-refractivity contribution in [3.63, 3.8) is 0 Å². The summed E-state index contributed by atoms with van der Waals surface area (Å²) in [6.45, 7) is 7.40. The second kappa shape index (κ2) is 10.9. The second-order valence-corrected chi connectivity index (χ2v) is 9.70. The maximum atomic E-state index is 14.2. The number of amides is 3. The molecule has 11 nitrogen and oxygen atoms in total. The van der Waals surface area contributed by atoms with Crippen molar-refractivity contribution >= 4 is 40.6 Å². The molecule has 0 unspecified atom stereocenters. The molecule has 0 fully saturated rings. The lowest BCUT2D eigenvalue weighted by Gasteiger charge is -2.33. The molecule has 0 aliphatic heterocycles. The van der Waals surface area contributed by atoms with E-state index in [-0.39, 0.29) is 33.5 Å². The zero-order valence-electron chi connectivity index (χ0n) is 21.6. The smallest absolute Gasteiger partial charge is 0.273 e. The quantitative estimate of drug-likeness (QED) is 0.360. The number of nitrogens with one attached hydrogen (secondary N) is 1. The van der Waals surface area contributed by atoms with Crippen LogP contribution in [-0.2, 0) is 4.79 Å². The number of hydrogen-bond acceptors (Lipinski definition) is 9. The maximum Gasteiger partial charge on any atom is 0.273 e. The van der Waals surface area contributed by atoms with Crippen molar-refractivity contribution in [3.05, 3.63) is 52.4 Å². The number of primary amides is 1. The van der Waals surface area contributed by atoms with Crippen molar-refractivity contribution in [2.24, 2.45) is 5.73 Å². The Morgan fingerprint density at radius 3 is 2.41 bits per heavy atom. The van der Waals surface area contributed by atoms with Gasteiger partial charge in [-0.25, -0.2) is 0 Å². The summed E-state index contributed by atoms with van der Waals surface area (Å²) in [6, 6.07) is 6.85. The number of nitrogens with two attached hydrogens (primary N) is 2. The van der Waals surface area contributed by atoms with Crippen LogP contribution in [0.25, 0.3) is 0 Å². The lowest BCUT2D eigenvalue weighted by atomic mass is 10.00. The number of nitrogen functional groups attached to an aromatic ring is 1. The van der Waals surface area contributed by atoms with E-state index in [0.717, 1.165) is 0 Å². The third-order valence-corrected chi connectivity index (χ3v) is 6.75. The zero-order valence-corrected chi connectivity index (χ0v) is 22.4.